The van der Waals surface area contributed by atoms with Gasteiger partial charge in [-0.05, 0) is 12.8 Å². The molecule has 242 valence electrons. The Kier molecular flexibility index (Phi) is 32.8. The van der Waals surface area contributed by atoms with E-state index in [4.69, 9.17) is 9.47 Å². The molecule has 0 rings (SSSR count). The van der Waals surface area contributed by atoms with Gasteiger partial charge in [0.05, 0.1) is 13.2 Å². The summed E-state index contributed by atoms with van der Waals surface area (Å²) in [7, 11) is -10.8. The van der Waals surface area contributed by atoms with Crippen molar-refractivity contribution in [2.45, 2.75) is 153 Å². The second-order valence-corrected chi connectivity index (χ2v) is 13.6. The Morgan fingerprint density at radius 3 is 0.905 bits per heavy atom. The minimum absolute atomic E-state index is 0. The van der Waals surface area contributed by atoms with Gasteiger partial charge in [0.1, 0.15) is 0 Å². The van der Waals surface area contributed by atoms with Crippen molar-refractivity contribution in [3.63, 3.8) is 0 Å². The topological polar surface area (TPSA) is 161 Å². The van der Waals surface area contributed by atoms with Crippen molar-refractivity contribution >= 4 is 91.3 Å². The predicted molar refractivity (Wildman–Crippen MR) is 171 cm³/mol. The summed E-state index contributed by atoms with van der Waals surface area (Å²) < 4.78 is 76.5. The zero-order chi connectivity index (χ0) is 30.3. The number of ether oxygens (including phenoxy) is 2. The standard InChI is InChI=1S/C28H54O10S2.2Na.2H/c1-3-5-7-9-11-13-15-17-19-21-23-37-27(29)25(39(31,32)33)26(40(34,35)36)28(30)38-24-22-20-18-16-14-12-10-8-6-4-2;;;;/h25-26H,3-24H2,1-2H3,(H,31,32,33)(H,34,35,36);;;;. The van der Waals surface area contributed by atoms with Crippen molar-refractivity contribution in [2.75, 3.05) is 13.2 Å². The van der Waals surface area contributed by atoms with E-state index in [1.807, 2.05) is 0 Å². The first-order valence-corrected chi connectivity index (χ1v) is 18.2. The van der Waals surface area contributed by atoms with Gasteiger partial charge >= 0.3 is 71.1 Å². The molecule has 10 nitrogen and oxygen atoms in total. The van der Waals surface area contributed by atoms with Crippen LogP contribution in [-0.2, 0) is 39.3 Å². The van der Waals surface area contributed by atoms with Gasteiger partial charge in [-0.15, -0.1) is 0 Å². The van der Waals surface area contributed by atoms with E-state index in [0.29, 0.717) is 25.7 Å². The van der Waals surface area contributed by atoms with Gasteiger partial charge in [0.15, 0.2) is 0 Å². The Hall–Kier alpha value is 0.760. The number of hydrogen-bond acceptors (Lipinski definition) is 8. The molecule has 0 fully saturated rings. The van der Waals surface area contributed by atoms with E-state index in [-0.39, 0.29) is 72.3 Å². The molecule has 0 bridgehead atoms. The van der Waals surface area contributed by atoms with Gasteiger partial charge in [-0.1, -0.05) is 129 Å². The second-order valence-electron chi connectivity index (χ2n) is 10.6. The predicted octanol–water partition coefficient (Wildman–Crippen LogP) is 5.13. The monoisotopic (exact) mass is 662 g/mol. The summed E-state index contributed by atoms with van der Waals surface area (Å²) >= 11 is 0. The van der Waals surface area contributed by atoms with Crippen LogP contribution < -0.4 is 0 Å². The van der Waals surface area contributed by atoms with Crippen molar-refractivity contribution < 1.29 is 45.0 Å². The molecule has 0 aliphatic heterocycles. The molecule has 0 radical (unpaired) electrons. The fourth-order valence-corrected chi connectivity index (χ4v) is 6.80. The number of carbonyl (C=O) groups is 2. The summed E-state index contributed by atoms with van der Waals surface area (Å²) in [4.78, 5) is 24.9. The van der Waals surface area contributed by atoms with E-state index in [1.165, 1.54) is 51.4 Å². The zero-order valence-electron chi connectivity index (χ0n) is 24.7. The van der Waals surface area contributed by atoms with Crippen molar-refractivity contribution in [3.05, 3.63) is 0 Å². The summed E-state index contributed by atoms with van der Waals surface area (Å²) in [5.41, 5.74) is 0. The Labute approximate surface area is 299 Å². The second kappa shape index (κ2) is 29.2. The third-order valence-electron chi connectivity index (χ3n) is 6.87. The van der Waals surface area contributed by atoms with Crippen LogP contribution in [0.1, 0.15) is 142 Å². The molecule has 0 aromatic carbocycles. The molecule has 0 aromatic rings. The molecule has 0 aromatic heterocycles. The van der Waals surface area contributed by atoms with Gasteiger partial charge in [0.2, 0.25) is 10.5 Å². The van der Waals surface area contributed by atoms with Crippen LogP contribution in [0.5, 0.6) is 0 Å². The van der Waals surface area contributed by atoms with Gasteiger partial charge in [-0.3, -0.25) is 18.7 Å². The normalized spacial score (nSPS) is 13.0. The minimum atomic E-state index is -5.42. The Morgan fingerprint density at radius 1 is 0.476 bits per heavy atom. The van der Waals surface area contributed by atoms with E-state index in [1.54, 1.807) is 0 Å². The maximum absolute atomic E-state index is 12.5. The Morgan fingerprint density at radius 2 is 0.690 bits per heavy atom. The summed E-state index contributed by atoms with van der Waals surface area (Å²) in [5.74, 6) is -3.26. The van der Waals surface area contributed by atoms with Gasteiger partial charge in [-0.25, -0.2) is 0 Å². The Bertz CT molecular complexity index is 811. The summed E-state index contributed by atoms with van der Waals surface area (Å²) in [6.45, 7) is 3.90. The summed E-state index contributed by atoms with van der Waals surface area (Å²) in [5, 5.41) is -5.68. The summed E-state index contributed by atoms with van der Waals surface area (Å²) in [6.07, 6.45) is 20.3. The van der Waals surface area contributed by atoms with Crippen molar-refractivity contribution in [1.82, 2.24) is 0 Å². The zero-order valence-corrected chi connectivity index (χ0v) is 26.3. The fraction of sp³-hybridized carbons (Fsp3) is 0.929. The van der Waals surface area contributed by atoms with Gasteiger partial charge < -0.3 is 9.47 Å². The average Bonchev–Trinajstić information content (AvgIpc) is 2.87. The molecule has 14 heteroatoms. The number of unbranched alkanes of at least 4 members (excludes halogenated alkanes) is 18. The van der Waals surface area contributed by atoms with Crippen LogP contribution >= 0.6 is 0 Å². The van der Waals surface area contributed by atoms with Crippen LogP contribution in [0.4, 0.5) is 0 Å². The molecule has 2 atom stereocenters. The van der Waals surface area contributed by atoms with Crippen molar-refractivity contribution in [2.24, 2.45) is 0 Å². The molecule has 0 spiro atoms. The molecular weight excluding hydrogens is 606 g/mol. The van der Waals surface area contributed by atoms with E-state index in [2.05, 4.69) is 13.8 Å². The third-order valence-corrected chi connectivity index (χ3v) is 9.25. The van der Waals surface area contributed by atoms with E-state index in [0.717, 1.165) is 51.4 Å². The molecule has 0 aliphatic rings. The molecular formula is C28H56Na2O10S2. The summed E-state index contributed by atoms with van der Waals surface area (Å²) in [6, 6.07) is 0. The van der Waals surface area contributed by atoms with Crippen LogP contribution in [0.25, 0.3) is 0 Å². The quantitative estimate of drug-likeness (QED) is 0.0522. The average molecular weight is 663 g/mol. The van der Waals surface area contributed by atoms with Crippen LogP contribution in [0.15, 0.2) is 0 Å². The number of hydrogen-bond donors (Lipinski definition) is 2. The van der Waals surface area contributed by atoms with E-state index >= 15 is 0 Å². The molecule has 0 saturated carbocycles. The molecule has 0 amide bonds. The molecule has 0 aliphatic carbocycles. The number of rotatable bonds is 27. The van der Waals surface area contributed by atoms with Crippen LogP contribution in [-0.4, -0.2) is 121 Å². The van der Waals surface area contributed by atoms with Crippen LogP contribution in [0.2, 0.25) is 0 Å². The van der Waals surface area contributed by atoms with Crippen molar-refractivity contribution in [1.29, 1.82) is 0 Å². The van der Waals surface area contributed by atoms with Gasteiger partial charge in [0.25, 0.3) is 20.2 Å². The van der Waals surface area contributed by atoms with E-state index < -0.39 is 42.7 Å². The van der Waals surface area contributed by atoms with Gasteiger partial charge in [0, 0.05) is 0 Å². The maximum atomic E-state index is 12.5. The van der Waals surface area contributed by atoms with Gasteiger partial charge in [-0.2, -0.15) is 16.8 Å². The fourth-order valence-electron chi connectivity index (χ4n) is 4.49. The molecule has 0 saturated heterocycles. The van der Waals surface area contributed by atoms with Crippen LogP contribution in [0.3, 0.4) is 0 Å². The first-order chi connectivity index (χ1) is 19.0. The van der Waals surface area contributed by atoms with E-state index in [9.17, 15) is 35.5 Å². The van der Waals surface area contributed by atoms with Crippen molar-refractivity contribution in [3.8, 4) is 0 Å². The molecule has 0 heterocycles. The molecule has 2 N–H and O–H groups in total. The molecule has 2 unspecified atom stereocenters. The first-order valence-electron chi connectivity index (χ1n) is 15.2. The molecule has 42 heavy (non-hydrogen) atoms. The SMILES string of the molecule is CCCCCCCCCCCCOC(=O)C(C(C(=O)OCCCCCCCCCCCC)S(=O)(=O)O)S(=O)(=O)O.[NaH].[NaH]. The third kappa shape index (κ3) is 25.0. The number of esters is 2. The van der Waals surface area contributed by atoms with Crippen LogP contribution in [0, 0.1) is 0 Å². The first kappa shape index (κ1) is 47.2. The Balaban J connectivity index is -0.00000760. The number of carbonyl (C=O) groups excluding carboxylic acids is 2.